The SMILES string of the molecule is Cn1nc(-c2ccccn2)cc1NC(=O)N[C@H]1COC2(CCCCC2)C1. The topological polar surface area (TPSA) is 81.1 Å². The van der Waals surface area contributed by atoms with Crippen LogP contribution in [0.4, 0.5) is 10.6 Å². The second-order valence-electron chi connectivity index (χ2n) is 7.31. The van der Waals surface area contributed by atoms with Gasteiger partial charge in [0.05, 0.1) is 23.9 Å². The van der Waals surface area contributed by atoms with Gasteiger partial charge in [0, 0.05) is 19.3 Å². The molecule has 7 heteroatoms. The third kappa shape index (κ3) is 3.58. The highest BCUT2D eigenvalue weighted by atomic mass is 16.5. The third-order valence-electron chi connectivity index (χ3n) is 5.36. The van der Waals surface area contributed by atoms with Gasteiger partial charge in [-0.2, -0.15) is 5.10 Å². The van der Waals surface area contributed by atoms with Crippen LogP contribution in [0.3, 0.4) is 0 Å². The van der Waals surface area contributed by atoms with Crippen LogP contribution in [0, 0.1) is 0 Å². The zero-order valence-electron chi connectivity index (χ0n) is 15.1. The number of aryl methyl sites for hydroxylation is 1. The van der Waals surface area contributed by atoms with E-state index >= 15 is 0 Å². The summed E-state index contributed by atoms with van der Waals surface area (Å²) in [5.41, 5.74) is 1.50. The van der Waals surface area contributed by atoms with Gasteiger partial charge in [-0.1, -0.05) is 25.3 Å². The molecule has 3 heterocycles. The molecule has 1 saturated heterocycles. The molecule has 4 rings (SSSR count). The Balaban J connectivity index is 1.36. The molecule has 2 amide bonds. The van der Waals surface area contributed by atoms with Crippen molar-refractivity contribution in [2.45, 2.75) is 50.2 Å². The normalized spacial score (nSPS) is 21.7. The van der Waals surface area contributed by atoms with Crippen molar-refractivity contribution in [3.05, 3.63) is 30.5 Å². The summed E-state index contributed by atoms with van der Waals surface area (Å²) in [6.45, 7) is 0.595. The zero-order valence-corrected chi connectivity index (χ0v) is 15.1. The van der Waals surface area contributed by atoms with Gasteiger partial charge in [-0.25, -0.2) is 4.79 Å². The van der Waals surface area contributed by atoms with E-state index in [-0.39, 0.29) is 17.7 Å². The van der Waals surface area contributed by atoms with Crippen molar-refractivity contribution in [3.8, 4) is 11.4 Å². The molecule has 1 aliphatic heterocycles. The van der Waals surface area contributed by atoms with E-state index in [9.17, 15) is 4.79 Å². The Morgan fingerprint density at radius 3 is 2.88 bits per heavy atom. The minimum atomic E-state index is -0.220. The van der Waals surface area contributed by atoms with Gasteiger partial charge in [-0.15, -0.1) is 0 Å². The van der Waals surface area contributed by atoms with E-state index in [0.29, 0.717) is 12.4 Å². The molecule has 1 spiro atoms. The van der Waals surface area contributed by atoms with E-state index < -0.39 is 0 Å². The first-order chi connectivity index (χ1) is 12.6. The molecule has 2 aromatic rings. The molecule has 0 bridgehead atoms. The first-order valence-electron chi connectivity index (χ1n) is 9.31. The molecule has 7 nitrogen and oxygen atoms in total. The number of carbonyl (C=O) groups excluding carboxylic acids is 1. The van der Waals surface area contributed by atoms with Crippen molar-refractivity contribution in [3.63, 3.8) is 0 Å². The monoisotopic (exact) mass is 355 g/mol. The summed E-state index contributed by atoms with van der Waals surface area (Å²) < 4.78 is 7.71. The maximum absolute atomic E-state index is 12.4. The summed E-state index contributed by atoms with van der Waals surface area (Å²) in [7, 11) is 1.80. The van der Waals surface area contributed by atoms with Crippen LogP contribution in [-0.2, 0) is 11.8 Å². The first-order valence-corrected chi connectivity index (χ1v) is 9.31. The van der Waals surface area contributed by atoms with Crippen LogP contribution in [0.2, 0.25) is 0 Å². The number of urea groups is 1. The average Bonchev–Trinajstić information content (AvgIpc) is 3.20. The fraction of sp³-hybridized carbons (Fsp3) is 0.526. The molecule has 0 unspecified atom stereocenters. The molecular formula is C19H25N5O2. The number of aromatic nitrogens is 3. The summed E-state index contributed by atoms with van der Waals surface area (Å²) in [6.07, 6.45) is 8.61. The molecule has 138 valence electrons. The minimum absolute atomic E-state index is 0.00509. The Morgan fingerprint density at radius 2 is 2.12 bits per heavy atom. The van der Waals surface area contributed by atoms with Crippen LogP contribution in [0.25, 0.3) is 11.4 Å². The van der Waals surface area contributed by atoms with Crippen molar-refractivity contribution in [1.29, 1.82) is 0 Å². The van der Waals surface area contributed by atoms with Gasteiger partial charge in [0.15, 0.2) is 0 Å². The molecule has 26 heavy (non-hydrogen) atoms. The van der Waals surface area contributed by atoms with Crippen LogP contribution in [0.1, 0.15) is 38.5 Å². The second kappa shape index (κ2) is 7.07. The summed E-state index contributed by atoms with van der Waals surface area (Å²) >= 11 is 0. The summed E-state index contributed by atoms with van der Waals surface area (Å²) in [4.78, 5) is 16.7. The van der Waals surface area contributed by atoms with Crippen LogP contribution in [0.15, 0.2) is 30.5 Å². The number of ether oxygens (including phenoxy) is 1. The van der Waals surface area contributed by atoms with Crippen molar-refractivity contribution in [2.24, 2.45) is 7.05 Å². The molecule has 1 atom stereocenters. The Labute approximate surface area is 153 Å². The van der Waals surface area contributed by atoms with Gasteiger partial charge < -0.3 is 10.1 Å². The largest absolute Gasteiger partial charge is 0.373 e. The van der Waals surface area contributed by atoms with Crippen molar-refractivity contribution in [2.75, 3.05) is 11.9 Å². The fourth-order valence-electron chi connectivity index (χ4n) is 4.04. The molecule has 2 aliphatic rings. The van der Waals surface area contributed by atoms with E-state index in [1.165, 1.54) is 19.3 Å². The third-order valence-corrected chi connectivity index (χ3v) is 5.36. The first kappa shape index (κ1) is 17.0. The molecule has 0 radical (unpaired) electrons. The lowest BCUT2D eigenvalue weighted by atomic mass is 9.82. The smallest absolute Gasteiger partial charge is 0.320 e. The van der Waals surface area contributed by atoms with Gasteiger partial charge >= 0.3 is 6.03 Å². The van der Waals surface area contributed by atoms with Gasteiger partial charge in [0.25, 0.3) is 0 Å². The van der Waals surface area contributed by atoms with Gasteiger partial charge in [0.2, 0.25) is 0 Å². The number of hydrogen-bond acceptors (Lipinski definition) is 4. The molecule has 2 fully saturated rings. The molecule has 1 saturated carbocycles. The van der Waals surface area contributed by atoms with Crippen LogP contribution >= 0.6 is 0 Å². The zero-order chi connectivity index (χ0) is 18.0. The maximum atomic E-state index is 12.4. The van der Waals surface area contributed by atoms with Gasteiger partial charge in [-0.05, 0) is 31.4 Å². The summed E-state index contributed by atoms with van der Waals surface area (Å²) in [6, 6.07) is 7.35. The van der Waals surface area contributed by atoms with Crippen LogP contribution < -0.4 is 10.6 Å². The van der Waals surface area contributed by atoms with Gasteiger partial charge in [-0.3, -0.25) is 15.0 Å². The maximum Gasteiger partial charge on any atom is 0.320 e. The number of amides is 2. The number of hydrogen-bond donors (Lipinski definition) is 2. The molecule has 0 aromatic carbocycles. The Bertz CT molecular complexity index is 767. The number of anilines is 1. The standard InChI is InChI=1S/C19H25N5O2/c1-24-17(11-16(23-24)15-7-3-6-10-20-15)22-18(25)21-14-12-19(26-13-14)8-4-2-5-9-19/h3,6-7,10-11,14H,2,4-5,8-9,12-13H2,1H3,(H2,21,22,25)/t14-/m1/s1. The quantitative estimate of drug-likeness (QED) is 0.886. The van der Waals surface area contributed by atoms with E-state index in [0.717, 1.165) is 30.7 Å². The van der Waals surface area contributed by atoms with Crippen molar-refractivity contribution >= 4 is 11.8 Å². The minimum Gasteiger partial charge on any atom is -0.373 e. The van der Waals surface area contributed by atoms with Crippen molar-refractivity contribution < 1.29 is 9.53 Å². The average molecular weight is 355 g/mol. The van der Waals surface area contributed by atoms with E-state index in [4.69, 9.17) is 4.74 Å². The van der Waals surface area contributed by atoms with E-state index in [1.807, 2.05) is 24.3 Å². The molecule has 1 aliphatic carbocycles. The number of pyridine rings is 1. The predicted molar refractivity (Wildman–Crippen MR) is 98.8 cm³/mol. The highest BCUT2D eigenvalue weighted by molar-refractivity contribution is 5.89. The predicted octanol–water partition coefficient (Wildman–Crippen LogP) is 3.10. The highest BCUT2D eigenvalue weighted by Crippen LogP contribution is 2.39. The van der Waals surface area contributed by atoms with Crippen molar-refractivity contribution in [1.82, 2.24) is 20.1 Å². The molecular weight excluding hydrogens is 330 g/mol. The number of rotatable bonds is 3. The highest BCUT2D eigenvalue weighted by Gasteiger charge is 2.41. The molecule has 2 aromatic heterocycles. The Hall–Kier alpha value is -2.41. The second-order valence-corrected chi connectivity index (χ2v) is 7.31. The lowest BCUT2D eigenvalue weighted by Crippen LogP contribution is -2.40. The van der Waals surface area contributed by atoms with E-state index in [2.05, 4.69) is 20.7 Å². The lowest BCUT2D eigenvalue weighted by molar-refractivity contribution is -0.0245. The lowest BCUT2D eigenvalue weighted by Gasteiger charge is -2.32. The number of nitrogens with one attached hydrogen (secondary N) is 2. The summed E-state index contributed by atoms with van der Waals surface area (Å²) in [5, 5.41) is 10.4. The number of carbonyl (C=O) groups is 1. The molecule has 2 N–H and O–H groups in total. The van der Waals surface area contributed by atoms with Crippen LogP contribution in [-0.4, -0.2) is 39.0 Å². The van der Waals surface area contributed by atoms with E-state index in [1.54, 1.807) is 17.9 Å². The Morgan fingerprint density at radius 1 is 1.27 bits per heavy atom. The Kier molecular flexibility index (Phi) is 4.63. The number of nitrogens with zero attached hydrogens (tertiary/aromatic N) is 3. The van der Waals surface area contributed by atoms with Crippen LogP contribution in [0.5, 0.6) is 0 Å². The fourth-order valence-corrected chi connectivity index (χ4v) is 4.04. The summed E-state index contributed by atoms with van der Waals surface area (Å²) in [5.74, 6) is 0.634. The van der Waals surface area contributed by atoms with Gasteiger partial charge in [0.1, 0.15) is 11.5 Å².